The molecule has 1 unspecified atom stereocenters. The molecule has 1 aliphatic heterocycles. The first-order valence-electron chi connectivity index (χ1n) is 6.86. The van der Waals surface area contributed by atoms with Crippen molar-refractivity contribution < 1.29 is 14.7 Å². The van der Waals surface area contributed by atoms with Gasteiger partial charge in [-0.15, -0.1) is 0 Å². The first-order chi connectivity index (χ1) is 9.43. The van der Waals surface area contributed by atoms with Crippen molar-refractivity contribution in [3.63, 3.8) is 0 Å². The SMILES string of the molecule is CC1(C(=O)O)CCCN1C(=O)c1cc(Cl)cn1C1CC1. The zero-order valence-corrected chi connectivity index (χ0v) is 12.1. The molecular formula is C14H17ClN2O3. The number of carboxylic acid groups (broad SMARTS) is 1. The van der Waals surface area contributed by atoms with Gasteiger partial charge < -0.3 is 14.6 Å². The number of rotatable bonds is 3. The number of aliphatic carboxylic acids is 1. The van der Waals surface area contributed by atoms with Gasteiger partial charge in [0.25, 0.3) is 5.91 Å². The molecule has 1 aromatic heterocycles. The molecule has 6 heteroatoms. The molecule has 1 saturated heterocycles. The second-order valence-corrected chi connectivity index (χ2v) is 6.26. The van der Waals surface area contributed by atoms with Crippen LogP contribution in [0.2, 0.25) is 5.02 Å². The molecule has 0 bridgehead atoms. The van der Waals surface area contributed by atoms with Crippen LogP contribution in [0.3, 0.4) is 0 Å². The van der Waals surface area contributed by atoms with E-state index >= 15 is 0 Å². The summed E-state index contributed by atoms with van der Waals surface area (Å²) in [5.74, 6) is -1.18. The lowest BCUT2D eigenvalue weighted by Gasteiger charge is -2.31. The molecule has 0 radical (unpaired) electrons. The van der Waals surface area contributed by atoms with Crippen molar-refractivity contribution in [1.82, 2.24) is 9.47 Å². The third-order valence-corrected chi connectivity index (χ3v) is 4.53. The topological polar surface area (TPSA) is 62.5 Å². The van der Waals surface area contributed by atoms with Gasteiger partial charge in [0, 0.05) is 18.8 Å². The first-order valence-corrected chi connectivity index (χ1v) is 7.24. The zero-order valence-electron chi connectivity index (χ0n) is 11.3. The number of hydrogen-bond acceptors (Lipinski definition) is 2. The minimum absolute atomic E-state index is 0.230. The number of likely N-dealkylation sites (tertiary alicyclic amines) is 1. The van der Waals surface area contributed by atoms with Crippen molar-refractivity contribution in [3.8, 4) is 0 Å². The maximum Gasteiger partial charge on any atom is 0.329 e. The predicted molar refractivity (Wildman–Crippen MR) is 74.0 cm³/mol. The molecule has 1 amide bonds. The first kappa shape index (κ1) is 13.5. The number of amides is 1. The van der Waals surface area contributed by atoms with Gasteiger partial charge in [-0.25, -0.2) is 4.79 Å². The minimum atomic E-state index is -1.11. The number of aromatic nitrogens is 1. The standard InChI is InChI=1S/C14H17ClN2O3/c1-14(13(19)20)5-2-6-17(14)12(18)11-7-9(15)8-16(11)10-3-4-10/h7-8,10H,2-6H2,1H3,(H,19,20). The van der Waals surface area contributed by atoms with Gasteiger partial charge in [0.15, 0.2) is 0 Å². The molecule has 0 spiro atoms. The van der Waals surface area contributed by atoms with Gasteiger partial charge >= 0.3 is 5.97 Å². The highest BCUT2D eigenvalue weighted by molar-refractivity contribution is 6.31. The molecule has 1 aliphatic carbocycles. The van der Waals surface area contributed by atoms with Crippen molar-refractivity contribution in [2.45, 2.75) is 44.2 Å². The van der Waals surface area contributed by atoms with E-state index in [0.29, 0.717) is 36.1 Å². The molecule has 1 N–H and O–H groups in total. The summed E-state index contributed by atoms with van der Waals surface area (Å²) in [6.07, 6.45) is 5.06. The Hall–Kier alpha value is -1.49. The van der Waals surface area contributed by atoms with E-state index in [1.165, 1.54) is 4.90 Å². The molecule has 2 aliphatic rings. The number of hydrogen-bond donors (Lipinski definition) is 1. The van der Waals surface area contributed by atoms with E-state index in [2.05, 4.69) is 0 Å². The third kappa shape index (κ3) is 2.00. The van der Waals surface area contributed by atoms with Gasteiger partial charge in [0.05, 0.1) is 5.02 Å². The fourth-order valence-corrected chi connectivity index (χ4v) is 3.13. The molecule has 1 atom stereocenters. The Kier molecular flexibility index (Phi) is 3.05. The van der Waals surface area contributed by atoms with E-state index in [0.717, 1.165) is 12.8 Å². The van der Waals surface area contributed by atoms with Crippen LogP contribution >= 0.6 is 11.6 Å². The molecule has 108 valence electrons. The number of carboxylic acids is 1. The average molecular weight is 297 g/mol. The smallest absolute Gasteiger partial charge is 0.329 e. The molecule has 3 rings (SSSR count). The molecule has 1 aromatic rings. The quantitative estimate of drug-likeness (QED) is 0.932. The summed E-state index contributed by atoms with van der Waals surface area (Å²) in [4.78, 5) is 25.7. The lowest BCUT2D eigenvalue weighted by Crippen LogP contribution is -2.51. The average Bonchev–Trinajstić information content (AvgIpc) is 3.05. The molecule has 20 heavy (non-hydrogen) atoms. The van der Waals surface area contributed by atoms with E-state index in [1.807, 2.05) is 4.57 Å². The molecule has 2 fully saturated rings. The van der Waals surface area contributed by atoms with E-state index in [4.69, 9.17) is 11.6 Å². The van der Waals surface area contributed by atoms with Crippen molar-refractivity contribution in [2.75, 3.05) is 6.54 Å². The highest BCUT2D eigenvalue weighted by Gasteiger charge is 2.47. The summed E-state index contributed by atoms with van der Waals surface area (Å²) in [5.41, 5.74) is -0.603. The van der Waals surface area contributed by atoms with Crippen LogP contribution < -0.4 is 0 Å². The van der Waals surface area contributed by atoms with E-state index in [-0.39, 0.29) is 5.91 Å². The van der Waals surface area contributed by atoms with Gasteiger partial charge in [0.2, 0.25) is 0 Å². The third-order valence-electron chi connectivity index (χ3n) is 4.32. The van der Waals surface area contributed by atoms with Crippen LogP contribution in [0, 0.1) is 0 Å². The molecule has 2 heterocycles. The Labute approximate surface area is 122 Å². The monoisotopic (exact) mass is 296 g/mol. The summed E-state index contributed by atoms with van der Waals surface area (Å²) >= 11 is 6.01. The van der Waals surface area contributed by atoms with Gasteiger partial charge in [-0.2, -0.15) is 0 Å². The van der Waals surface area contributed by atoms with Crippen LogP contribution in [-0.2, 0) is 4.79 Å². The summed E-state index contributed by atoms with van der Waals surface area (Å²) < 4.78 is 1.89. The van der Waals surface area contributed by atoms with Crippen LogP contribution in [0.1, 0.15) is 49.1 Å². The zero-order chi connectivity index (χ0) is 14.5. The number of nitrogens with zero attached hydrogens (tertiary/aromatic N) is 2. The maximum absolute atomic E-state index is 12.7. The Bertz CT molecular complexity index is 579. The lowest BCUT2D eigenvalue weighted by molar-refractivity contribution is -0.147. The maximum atomic E-state index is 12.7. The largest absolute Gasteiger partial charge is 0.480 e. The summed E-state index contributed by atoms with van der Waals surface area (Å²) in [5, 5.41) is 9.93. The fourth-order valence-electron chi connectivity index (χ4n) is 2.92. The van der Waals surface area contributed by atoms with E-state index < -0.39 is 11.5 Å². The summed E-state index contributed by atoms with van der Waals surface area (Å²) in [6.45, 7) is 2.10. The van der Waals surface area contributed by atoms with Crippen LogP contribution in [0.25, 0.3) is 0 Å². The molecular weight excluding hydrogens is 280 g/mol. The van der Waals surface area contributed by atoms with Crippen LogP contribution in [0.15, 0.2) is 12.3 Å². The van der Waals surface area contributed by atoms with Crippen LogP contribution in [-0.4, -0.2) is 38.5 Å². The number of halogens is 1. The van der Waals surface area contributed by atoms with Gasteiger partial charge in [-0.05, 0) is 38.7 Å². The van der Waals surface area contributed by atoms with E-state index in [1.54, 1.807) is 19.2 Å². The number of carbonyl (C=O) groups is 2. The van der Waals surface area contributed by atoms with E-state index in [9.17, 15) is 14.7 Å². The predicted octanol–water partition coefficient (Wildman–Crippen LogP) is 2.56. The molecule has 1 saturated carbocycles. The lowest BCUT2D eigenvalue weighted by atomic mass is 9.99. The van der Waals surface area contributed by atoms with Gasteiger partial charge in [0.1, 0.15) is 11.2 Å². The van der Waals surface area contributed by atoms with Gasteiger partial charge in [-0.1, -0.05) is 11.6 Å². The second-order valence-electron chi connectivity index (χ2n) is 5.82. The highest BCUT2D eigenvalue weighted by atomic mass is 35.5. The van der Waals surface area contributed by atoms with Crippen molar-refractivity contribution in [2.24, 2.45) is 0 Å². The molecule has 5 nitrogen and oxygen atoms in total. The highest BCUT2D eigenvalue weighted by Crippen LogP contribution is 2.39. The van der Waals surface area contributed by atoms with Gasteiger partial charge in [-0.3, -0.25) is 4.79 Å². The fraction of sp³-hybridized carbons (Fsp3) is 0.571. The normalized spacial score (nSPS) is 26.0. The van der Waals surface area contributed by atoms with Crippen molar-refractivity contribution in [1.29, 1.82) is 0 Å². The Morgan fingerprint density at radius 1 is 1.45 bits per heavy atom. The number of carbonyl (C=O) groups excluding carboxylic acids is 1. The molecule has 0 aromatic carbocycles. The Balaban J connectivity index is 1.94. The minimum Gasteiger partial charge on any atom is -0.480 e. The van der Waals surface area contributed by atoms with Crippen molar-refractivity contribution >= 4 is 23.5 Å². The van der Waals surface area contributed by atoms with Crippen LogP contribution in [0.4, 0.5) is 0 Å². The van der Waals surface area contributed by atoms with Crippen molar-refractivity contribution in [3.05, 3.63) is 23.0 Å². The second kappa shape index (κ2) is 4.52. The summed E-state index contributed by atoms with van der Waals surface area (Å²) in [7, 11) is 0. The Morgan fingerprint density at radius 3 is 2.75 bits per heavy atom. The Morgan fingerprint density at radius 2 is 2.15 bits per heavy atom. The summed E-state index contributed by atoms with van der Waals surface area (Å²) in [6, 6.07) is 1.98. The van der Waals surface area contributed by atoms with Crippen LogP contribution in [0.5, 0.6) is 0 Å².